The van der Waals surface area contributed by atoms with Crippen LogP contribution in [0.5, 0.6) is 0 Å². The molecule has 0 radical (unpaired) electrons. The lowest BCUT2D eigenvalue weighted by Crippen LogP contribution is -2.60. The van der Waals surface area contributed by atoms with Crippen LogP contribution in [0, 0.1) is 0 Å². The van der Waals surface area contributed by atoms with Gasteiger partial charge in [0.15, 0.2) is 0 Å². The molecule has 0 saturated carbocycles. The number of hydrogen-bond donors (Lipinski definition) is 1. The van der Waals surface area contributed by atoms with Crippen molar-refractivity contribution in [2.45, 2.75) is 43.6 Å². The fourth-order valence-corrected chi connectivity index (χ4v) is 5.38. The highest BCUT2D eigenvalue weighted by molar-refractivity contribution is 6.30. The SMILES string of the molecule is O=C(NC[C@H]1CCCO1)[C@@H]1COC2(CCN(C(=O)c3ccc(Cl)cc3)CC2)N1C(=O)c1ccccc1. The molecule has 3 fully saturated rings. The summed E-state index contributed by atoms with van der Waals surface area (Å²) in [6, 6.07) is 15.0. The van der Waals surface area contributed by atoms with E-state index in [2.05, 4.69) is 5.32 Å². The van der Waals surface area contributed by atoms with E-state index in [1.807, 2.05) is 6.07 Å². The van der Waals surface area contributed by atoms with Crippen LogP contribution in [0.3, 0.4) is 0 Å². The van der Waals surface area contributed by atoms with Gasteiger partial charge in [0.25, 0.3) is 11.8 Å². The highest BCUT2D eigenvalue weighted by atomic mass is 35.5. The Labute approximate surface area is 215 Å². The second-order valence-electron chi connectivity index (χ2n) is 9.49. The molecule has 2 atom stereocenters. The van der Waals surface area contributed by atoms with Gasteiger partial charge >= 0.3 is 0 Å². The van der Waals surface area contributed by atoms with Crippen molar-refractivity contribution in [3.8, 4) is 0 Å². The van der Waals surface area contributed by atoms with Gasteiger partial charge in [-0.15, -0.1) is 0 Å². The van der Waals surface area contributed by atoms with Gasteiger partial charge in [-0.25, -0.2) is 0 Å². The van der Waals surface area contributed by atoms with Crippen LogP contribution in [-0.2, 0) is 14.3 Å². The van der Waals surface area contributed by atoms with Crippen molar-refractivity contribution >= 4 is 29.3 Å². The predicted octanol–water partition coefficient (Wildman–Crippen LogP) is 3.11. The third kappa shape index (κ3) is 4.98. The summed E-state index contributed by atoms with van der Waals surface area (Å²) in [6.45, 7) is 2.05. The molecule has 3 heterocycles. The summed E-state index contributed by atoms with van der Waals surface area (Å²) in [5.74, 6) is -0.583. The van der Waals surface area contributed by atoms with E-state index in [-0.39, 0.29) is 30.4 Å². The number of carbonyl (C=O) groups excluding carboxylic acids is 3. The van der Waals surface area contributed by atoms with Crippen molar-refractivity contribution in [1.29, 1.82) is 0 Å². The van der Waals surface area contributed by atoms with Gasteiger partial charge in [-0.05, 0) is 49.2 Å². The van der Waals surface area contributed by atoms with Crippen LogP contribution in [0.15, 0.2) is 54.6 Å². The molecule has 190 valence electrons. The van der Waals surface area contributed by atoms with Gasteiger partial charge in [-0.1, -0.05) is 29.8 Å². The summed E-state index contributed by atoms with van der Waals surface area (Å²) in [4.78, 5) is 43.3. The molecule has 0 bridgehead atoms. The van der Waals surface area contributed by atoms with Gasteiger partial charge in [0, 0.05) is 55.2 Å². The molecular weight excluding hydrogens is 482 g/mol. The monoisotopic (exact) mass is 511 g/mol. The number of likely N-dealkylation sites (tertiary alicyclic amines) is 1. The highest BCUT2D eigenvalue weighted by Gasteiger charge is 2.54. The van der Waals surface area contributed by atoms with E-state index in [4.69, 9.17) is 21.1 Å². The number of benzene rings is 2. The second-order valence-corrected chi connectivity index (χ2v) is 9.93. The summed E-state index contributed by atoms with van der Waals surface area (Å²) in [5.41, 5.74) is 0.112. The molecule has 9 heteroatoms. The first kappa shape index (κ1) is 24.7. The number of halogens is 1. The van der Waals surface area contributed by atoms with E-state index in [1.54, 1.807) is 58.3 Å². The number of piperidine rings is 1. The molecule has 1 spiro atoms. The molecule has 5 rings (SSSR count). The Kier molecular flexibility index (Phi) is 7.27. The summed E-state index contributed by atoms with van der Waals surface area (Å²) in [5, 5.41) is 3.54. The van der Waals surface area contributed by atoms with E-state index in [1.165, 1.54) is 0 Å². The van der Waals surface area contributed by atoms with Crippen molar-refractivity contribution in [3.05, 3.63) is 70.7 Å². The number of carbonyl (C=O) groups is 3. The fraction of sp³-hybridized carbons (Fsp3) is 0.444. The van der Waals surface area contributed by atoms with Crippen LogP contribution in [0.2, 0.25) is 5.02 Å². The lowest BCUT2D eigenvalue weighted by atomic mass is 9.96. The summed E-state index contributed by atoms with van der Waals surface area (Å²) in [7, 11) is 0. The van der Waals surface area contributed by atoms with Crippen LogP contribution in [0.4, 0.5) is 0 Å². The maximum Gasteiger partial charge on any atom is 0.256 e. The van der Waals surface area contributed by atoms with E-state index in [9.17, 15) is 14.4 Å². The number of nitrogens with zero attached hydrogens (tertiary/aromatic N) is 2. The van der Waals surface area contributed by atoms with Gasteiger partial charge in [-0.3, -0.25) is 19.3 Å². The van der Waals surface area contributed by atoms with Gasteiger partial charge in [0.05, 0.1) is 12.7 Å². The second kappa shape index (κ2) is 10.6. The van der Waals surface area contributed by atoms with Gasteiger partial charge in [-0.2, -0.15) is 0 Å². The normalized spacial score (nSPS) is 23.1. The van der Waals surface area contributed by atoms with Crippen molar-refractivity contribution in [3.63, 3.8) is 0 Å². The van der Waals surface area contributed by atoms with Crippen LogP contribution in [0.25, 0.3) is 0 Å². The summed E-state index contributed by atoms with van der Waals surface area (Å²) < 4.78 is 11.9. The average Bonchev–Trinajstić information content (AvgIpc) is 3.56. The number of nitrogens with one attached hydrogen (secondary N) is 1. The molecule has 3 aliphatic rings. The van der Waals surface area contributed by atoms with Gasteiger partial charge < -0.3 is 19.7 Å². The Morgan fingerprint density at radius 2 is 1.67 bits per heavy atom. The minimum atomic E-state index is -0.949. The Balaban J connectivity index is 1.33. The smallest absolute Gasteiger partial charge is 0.256 e. The molecule has 0 aliphatic carbocycles. The van der Waals surface area contributed by atoms with E-state index in [0.29, 0.717) is 55.2 Å². The zero-order valence-corrected chi connectivity index (χ0v) is 20.8. The number of rotatable bonds is 5. The average molecular weight is 512 g/mol. The summed E-state index contributed by atoms with van der Waals surface area (Å²) >= 11 is 5.96. The first-order valence-corrected chi connectivity index (χ1v) is 12.8. The molecule has 3 saturated heterocycles. The van der Waals surface area contributed by atoms with Crippen LogP contribution in [-0.4, -0.2) is 78.2 Å². The third-order valence-corrected chi connectivity index (χ3v) is 7.51. The van der Waals surface area contributed by atoms with E-state index < -0.39 is 11.8 Å². The largest absolute Gasteiger partial charge is 0.376 e. The quantitative estimate of drug-likeness (QED) is 0.666. The number of hydrogen-bond acceptors (Lipinski definition) is 5. The highest BCUT2D eigenvalue weighted by Crippen LogP contribution is 2.39. The number of ether oxygens (including phenoxy) is 2. The standard InChI is InChI=1S/C27H30ClN3O5/c28-21-10-8-20(9-11-21)25(33)30-14-12-27(13-15-30)31(26(34)19-5-2-1-3-6-19)23(18-36-27)24(32)29-17-22-7-4-16-35-22/h1-3,5-6,8-11,22-23H,4,7,12-18H2,(H,29,32)/t22-,23+/m1/s1. The topological polar surface area (TPSA) is 88.2 Å². The van der Waals surface area contributed by atoms with E-state index in [0.717, 1.165) is 12.8 Å². The Morgan fingerprint density at radius 3 is 2.33 bits per heavy atom. The van der Waals surface area contributed by atoms with Crippen molar-refractivity contribution in [2.75, 3.05) is 32.8 Å². The first-order valence-electron chi connectivity index (χ1n) is 12.4. The molecular formula is C27H30ClN3O5. The zero-order valence-electron chi connectivity index (χ0n) is 20.0. The molecule has 2 aromatic rings. The molecule has 3 aliphatic heterocycles. The van der Waals surface area contributed by atoms with Crippen LogP contribution < -0.4 is 5.32 Å². The summed E-state index contributed by atoms with van der Waals surface area (Å²) in [6.07, 6.45) is 2.74. The lowest BCUT2D eigenvalue weighted by molar-refractivity contribution is -0.128. The molecule has 0 unspecified atom stereocenters. The predicted molar refractivity (Wildman–Crippen MR) is 134 cm³/mol. The third-order valence-electron chi connectivity index (χ3n) is 7.25. The van der Waals surface area contributed by atoms with Crippen LogP contribution >= 0.6 is 11.6 Å². The fourth-order valence-electron chi connectivity index (χ4n) is 5.26. The van der Waals surface area contributed by atoms with E-state index >= 15 is 0 Å². The maximum atomic E-state index is 13.7. The molecule has 1 N–H and O–H groups in total. The zero-order chi connectivity index (χ0) is 25.1. The lowest BCUT2D eigenvalue weighted by Gasteiger charge is -2.44. The van der Waals surface area contributed by atoms with Crippen molar-refractivity contribution in [2.24, 2.45) is 0 Å². The molecule has 36 heavy (non-hydrogen) atoms. The Bertz CT molecular complexity index is 1100. The Hall–Kier alpha value is -2.94. The number of amides is 3. The molecule has 0 aromatic heterocycles. The molecule has 8 nitrogen and oxygen atoms in total. The Morgan fingerprint density at radius 1 is 0.972 bits per heavy atom. The molecule has 2 aromatic carbocycles. The minimum Gasteiger partial charge on any atom is -0.376 e. The van der Waals surface area contributed by atoms with Gasteiger partial charge in [0.1, 0.15) is 11.8 Å². The maximum absolute atomic E-state index is 13.7. The minimum absolute atomic E-state index is 0.00521. The van der Waals surface area contributed by atoms with Crippen LogP contribution in [0.1, 0.15) is 46.4 Å². The van der Waals surface area contributed by atoms with Gasteiger partial charge in [0.2, 0.25) is 5.91 Å². The first-order chi connectivity index (χ1) is 17.5. The molecule has 3 amide bonds. The van der Waals surface area contributed by atoms with Crippen molar-refractivity contribution < 1.29 is 23.9 Å². The van der Waals surface area contributed by atoms with Crippen molar-refractivity contribution in [1.82, 2.24) is 15.1 Å².